The Morgan fingerprint density at radius 1 is 1.38 bits per heavy atom. The van der Waals surface area contributed by atoms with Crippen LogP contribution in [0.1, 0.15) is 28.8 Å². The summed E-state index contributed by atoms with van der Waals surface area (Å²) in [6, 6.07) is 0. The Kier molecular flexibility index (Phi) is 3.47. The molecule has 0 radical (unpaired) electrons. The molecule has 0 spiro atoms. The van der Waals surface area contributed by atoms with E-state index in [1.165, 1.54) is 0 Å². The standard InChI is InChI=1S/C9H9F5N2/c1-4-5(2-15)6(9(12,13)14)3-16-7(4)8(10)11/h3,8H,2,15H2,1H3. The SMILES string of the molecule is Cc1c(C(F)F)ncc(C(F)(F)F)c1CN. The van der Waals surface area contributed by atoms with Crippen molar-refractivity contribution >= 4 is 0 Å². The molecule has 1 aromatic heterocycles. The molecule has 1 rings (SSSR count). The number of rotatable bonds is 2. The number of hydrogen-bond acceptors (Lipinski definition) is 2. The molecule has 0 unspecified atom stereocenters. The number of pyridine rings is 1. The Balaban J connectivity index is 3.41. The van der Waals surface area contributed by atoms with Crippen molar-refractivity contribution in [1.82, 2.24) is 4.98 Å². The van der Waals surface area contributed by atoms with Crippen molar-refractivity contribution in [3.8, 4) is 0 Å². The van der Waals surface area contributed by atoms with Gasteiger partial charge in [-0.05, 0) is 18.1 Å². The summed E-state index contributed by atoms with van der Waals surface area (Å²) in [5, 5.41) is 0. The van der Waals surface area contributed by atoms with Gasteiger partial charge in [-0.15, -0.1) is 0 Å². The van der Waals surface area contributed by atoms with E-state index in [1.807, 2.05) is 0 Å². The predicted octanol–water partition coefficient (Wildman–Crippen LogP) is 2.81. The maximum Gasteiger partial charge on any atom is 0.418 e. The molecule has 0 fully saturated rings. The van der Waals surface area contributed by atoms with Gasteiger partial charge < -0.3 is 5.73 Å². The molecule has 2 N–H and O–H groups in total. The number of alkyl halides is 5. The van der Waals surface area contributed by atoms with Crippen molar-refractivity contribution in [3.63, 3.8) is 0 Å². The summed E-state index contributed by atoms with van der Waals surface area (Å²) in [7, 11) is 0. The maximum atomic E-state index is 12.5. The molecule has 90 valence electrons. The van der Waals surface area contributed by atoms with Gasteiger partial charge in [0.2, 0.25) is 0 Å². The molecule has 7 heteroatoms. The highest BCUT2D eigenvalue weighted by molar-refractivity contribution is 5.37. The fourth-order valence-corrected chi connectivity index (χ4v) is 1.39. The first-order valence-corrected chi connectivity index (χ1v) is 4.32. The predicted molar refractivity (Wildman–Crippen MR) is 46.8 cm³/mol. The van der Waals surface area contributed by atoms with E-state index in [2.05, 4.69) is 4.98 Å². The van der Waals surface area contributed by atoms with Gasteiger partial charge in [-0.1, -0.05) is 0 Å². The second kappa shape index (κ2) is 4.32. The van der Waals surface area contributed by atoms with Crippen LogP contribution in [0.15, 0.2) is 6.20 Å². The highest BCUT2D eigenvalue weighted by Crippen LogP contribution is 2.34. The summed E-state index contributed by atoms with van der Waals surface area (Å²) in [6.07, 6.45) is -7.14. The van der Waals surface area contributed by atoms with E-state index in [0.29, 0.717) is 6.20 Å². The zero-order chi connectivity index (χ0) is 12.5. The Hall–Kier alpha value is -1.24. The average Bonchev–Trinajstić information content (AvgIpc) is 2.15. The molecule has 16 heavy (non-hydrogen) atoms. The summed E-state index contributed by atoms with van der Waals surface area (Å²) < 4.78 is 62.2. The molecule has 0 aliphatic rings. The minimum absolute atomic E-state index is 0.202. The number of nitrogens with zero attached hydrogens (tertiary/aromatic N) is 1. The summed E-state index contributed by atoms with van der Waals surface area (Å²) >= 11 is 0. The summed E-state index contributed by atoms with van der Waals surface area (Å²) in [5.41, 5.74) is 2.89. The first kappa shape index (κ1) is 12.8. The lowest BCUT2D eigenvalue weighted by Gasteiger charge is -2.15. The quantitative estimate of drug-likeness (QED) is 0.807. The molecule has 1 aromatic rings. The largest absolute Gasteiger partial charge is 0.418 e. The fourth-order valence-electron chi connectivity index (χ4n) is 1.39. The highest BCUT2D eigenvalue weighted by atomic mass is 19.4. The molecule has 0 bridgehead atoms. The second-order valence-electron chi connectivity index (χ2n) is 3.16. The summed E-state index contributed by atoms with van der Waals surface area (Å²) in [5.74, 6) is 0. The number of aromatic nitrogens is 1. The van der Waals surface area contributed by atoms with Gasteiger partial charge in [0, 0.05) is 12.7 Å². The Labute approximate surface area is 88.3 Å². The molecule has 0 atom stereocenters. The first-order chi connectivity index (χ1) is 7.29. The van der Waals surface area contributed by atoms with Gasteiger partial charge in [-0.3, -0.25) is 4.98 Å². The van der Waals surface area contributed by atoms with Gasteiger partial charge >= 0.3 is 6.18 Å². The van der Waals surface area contributed by atoms with Crippen molar-refractivity contribution in [2.24, 2.45) is 5.73 Å². The van der Waals surface area contributed by atoms with Crippen LogP contribution in [0.4, 0.5) is 22.0 Å². The normalized spacial score (nSPS) is 12.2. The lowest BCUT2D eigenvalue weighted by atomic mass is 10.0. The van der Waals surface area contributed by atoms with Crippen LogP contribution in [0, 0.1) is 6.92 Å². The summed E-state index contributed by atoms with van der Waals surface area (Å²) in [4.78, 5) is 3.13. The van der Waals surface area contributed by atoms with Gasteiger partial charge in [0.1, 0.15) is 5.69 Å². The molecule has 0 saturated heterocycles. The van der Waals surface area contributed by atoms with E-state index in [1.54, 1.807) is 0 Å². The first-order valence-electron chi connectivity index (χ1n) is 4.32. The monoisotopic (exact) mass is 240 g/mol. The van der Waals surface area contributed by atoms with Gasteiger partial charge in [-0.2, -0.15) is 13.2 Å². The molecule has 0 aromatic carbocycles. The fraction of sp³-hybridized carbons (Fsp3) is 0.444. The number of hydrogen-bond donors (Lipinski definition) is 1. The lowest BCUT2D eigenvalue weighted by molar-refractivity contribution is -0.138. The molecule has 1 heterocycles. The Bertz CT molecular complexity index is 386. The Morgan fingerprint density at radius 2 is 1.94 bits per heavy atom. The smallest absolute Gasteiger partial charge is 0.326 e. The van der Waals surface area contributed by atoms with Crippen molar-refractivity contribution in [1.29, 1.82) is 0 Å². The van der Waals surface area contributed by atoms with Gasteiger partial charge in [0.25, 0.3) is 6.43 Å². The molecular weight excluding hydrogens is 231 g/mol. The van der Waals surface area contributed by atoms with Gasteiger partial charge in [0.15, 0.2) is 0 Å². The molecular formula is C9H9F5N2. The zero-order valence-corrected chi connectivity index (χ0v) is 8.28. The van der Waals surface area contributed by atoms with Crippen LogP contribution in [0.25, 0.3) is 0 Å². The minimum Gasteiger partial charge on any atom is -0.326 e. The van der Waals surface area contributed by atoms with Crippen molar-refractivity contribution in [3.05, 3.63) is 28.6 Å². The molecule has 0 aliphatic heterocycles. The van der Waals surface area contributed by atoms with Crippen LogP contribution in [0.3, 0.4) is 0 Å². The third-order valence-electron chi connectivity index (χ3n) is 2.21. The third kappa shape index (κ3) is 2.29. The van der Waals surface area contributed by atoms with E-state index in [4.69, 9.17) is 5.73 Å². The average molecular weight is 240 g/mol. The zero-order valence-electron chi connectivity index (χ0n) is 8.28. The number of nitrogens with two attached hydrogens (primary N) is 1. The van der Waals surface area contributed by atoms with E-state index in [0.717, 1.165) is 6.92 Å². The van der Waals surface area contributed by atoms with E-state index in [9.17, 15) is 22.0 Å². The van der Waals surface area contributed by atoms with Crippen LogP contribution in [0.2, 0.25) is 0 Å². The maximum absolute atomic E-state index is 12.5. The lowest BCUT2D eigenvalue weighted by Crippen LogP contribution is -2.16. The van der Waals surface area contributed by atoms with Crippen molar-refractivity contribution in [2.45, 2.75) is 26.1 Å². The molecule has 0 saturated carbocycles. The van der Waals surface area contributed by atoms with E-state index < -0.39 is 30.4 Å². The summed E-state index contributed by atoms with van der Waals surface area (Å²) in [6.45, 7) is 0.703. The molecule has 2 nitrogen and oxygen atoms in total. The van der Waals surface area contributed by atoms with E-state index in [-0.39, 0.29) is 11.1 Å². The minimum atomic E-state index is -4.63. The van der Waals surface area contributed by atoms with Gasteiger partial charge in [0.05, 0.1) is 5.56 Å². The van der Waals surface area contributed by atoms with Crippen LogP contribution in [-0.2, 0) is 12.7 Å². The van der Waals surface area contributed by atoms with Gasteiger partial charge in [-0.25, -0.2) is 8.78 Å². The topological polar surface area (TPSA) is 38.9 Å². The Morgan fingerprint density at radius 3 is 2.31 bits per heavy atom. The molecule has 0 amide bonds. The van der Waals surface area contributed by atoms with Crippen LogP contribution < -0.4 is 5.73 Å². The van der Waals surface area contributed by atoms with Crippen molar-refractivity contribution in [2.75, 3.05) is 0 Å². The van der Waals surface area contributed by atoms with E-state index >= 15 is 0 Å². The van der Waals surface area contributed by atoms with Crippen LogP contribution in [0.5, 0.6) is 0 Å². The third-order valence-corrected chi connectivity index (χ3v) is 2.21. The highest BCUT2D eigenvalue weighted by Gasteiger charge is 2.35. The van der Waals surface area contributed by atoms with Crippen LogP contribution >= 0.6 is 0 Å². The molecule has 0 aliphatic carbocycles. The second-order valence-corrected chi connectivity index (χ2v) is 3.16. The number of halogens is 5. The van der Waals surface area contributed by atoms with Crippen molar-refractivity contribution < 1.29 is 22.0 Å². The van der Waals surface area contributed by atoms with Crippen LogP contribution in [-0.4, -0.2) is 4.98 Å².